The minimum Gasteiger partial charge on any atom is -0.331 e. The molecule has 98 valence electrons. The van der Waals surface area contributed by atoms with E-state index in [9.17, 15) is 4.79 Å². The van der Waals surface area contributed by atoms with Crippen molar-refractivity contribution >= 4 is 33.2 Å². The van der Waals surface area contributed by atoms with Gasteiger partial charge in [0, 0.05) is 12.6 Å². The number of amides is 1. The van der Waals surface area contributed by atoms with Crippen molar-refractivity contribution in [1.82, 2.24) is 4.90 Å². The van der Waals surface area contributed by atoms with Crippen LogP contribution < -0.4 is 0 Å². The molecule has 1 heterocycles. The molecule has 0 bridgehead atoms. The lowest BCUT2D eigenvalue weighted by Crippen LogP contribution is -2.32. The largest absolute Gasteiger partial charge is 0.331 e. The summed E-state index contributed by atoms with van der Waals surface area (Å²) in [5.41, 5.74) is 1.19. The molecule has 0 unspecified atom stereocenters. The minimum atomic E-state index is 0.155. The molecule has 1 aromatic carbocycles. The summed E-state index contributed by atoms with van der Waals surface area (Å²) in [5.74, 6) is 0.155. The van der Waals surface area contributed by atoms with Gasteiger partial charge >= 0.3 is 0 Å². The Labute approximate surface area is 125 Å². The van der Waals surface area contributed by atoms with E-state index in [4.69, 9.17) is 0 Å². The van der Waals surface area contributed by atoms with Crippen molar-refractivity contribution < 1.29 is 4.79 Å². The first-order valence-electron chi connectivity index (χ1n) is 6.34. The predicted octanol–water partition coefficient (Wildman–Crippen LogP) is 4.32. The molecule has 0 saturated heterocycles. The second-order valence-corrected chi connectivity index (χ2v) is 7.22. The molecule has 1 aliphatic rings. The summed E-state index contributed by atoms with van der Waals surface area (Å²) >= 11 is 4.92. The highest BCUT2D eigenvalue weighted by molar-refractivity contribution is 9.11. The fourth-order valence-electron chi connectivity index (χ4n) is 2.10. The summed E-state index contributed by atoms with van der Waals surface area (Å²) in [7, 11) is 0. The highest BCUT2D eigenvalue weighted by atomic mass is 79.9. The van der Waals surface area contributed by atoms with Crippen molar-refractivity contribution in [3.05, 3.63) is 56.7 Å². The second-order valence-electron chi connectivity index (χ2n) is 4.75. The van der Waals surface area contributed by atoms with E-state index in [-0.39, 0.29) is 5.91 Å². The molecule has 0 radical (unpaired) electrons. The third kappa shape index (κ3) is 3.07. The first kappa shape index (κ1) is 12.9. The first-order valence-corrected chi connectivity index (χ1v) is 7.95. The SMILES string of the molecule is O=C(c1ccc(Br)s1)N(Cc1ccccc1)C1CC1. The number of halogens is 1. The van der Waals surface area contributed by atoms with Crippen LogP contribution in [0.4, 0.5) is 0 Å². The lowest BCUT2D eigenvalue weighted by Gasteiger charge is -2.21. The van der Waals surface area contributed by atoms with Gasteiger partial charge < -0.3 is 4.90 Å². The topological polar surface area (TPSA) is 20.3 Å². The van der Waals surface area contributed by atoms with Crippen LogP contribution in [-0.4, -0.2) is 16.8 Å². The van der Waals surface area contributed by atoms with E-state index in [1.807, 2.05) is 35.2 Å². The summed E-state index contributed by atoms with van der Waals surface area (Å²) in [5, 5.41) is 0. The van der Waals surface area contributed by atoms with Gasteiger partial charge in [-0.05, 0) is 46.5 Å². The molecule has 3 rings (SSSR count). The zero-order valence-electron chi connectivity index (χ0n) is 10.4. The summed E-state index contributed by atoms with van der Waals surface area (Å²) < 4.78 is 1.01. The standard InChI is InChI=1S/C15H14BrNOS/c16-14-9-8-13(19-14)15(18)17(12-6-7-12)10-11-4-2-1-3-5-11/h1-5,8-9,12H,6-7,10H2. The average Bonchev–Trinajstić information content (AvgIpc) is 3.18. The molecule has 0 aliphatic heterocycles. The summed E-state index contributed by atoms with van der Waals surface area (Å²) in [6.07, 6.45) is 2.26. The lowest BCUT2D eigenvalue weighted by molar-refractivity contribution is 0.0735. The Hall–Kier alpha value is -1.13. The molecule has 4 heteroatoms. The molecule has 19 heavy (non-hydrogen) atoms. The average molecular weight is 336 g/mol. The Morgan fingerprint density at radius 3 is 2.53 bits per heavy atom. The number of hydrogen-bond acceptors (Lipinski definition) is 2. The number of thiophene rings is 1. The molecule has 0 atom stereocenters. The van der Waals surface area contributed by atoms with Crippen LogP contribution in [0.1, 0.15) is 28.1 Å². The van der Waals surface area contributed by atoms with Gasteiger partial charge in [-0.3, -0.25) is 4.79 Å². The molecule has 2 aromatic rings. The van der Waals surface area contributed by atoms with E-state index in [2.05, 4.69) is 28.1 Å². The van der Waals surface area contributed by atoms with Crippen LogP contribution in [0.2, 0.25) is 0 Å². The molecule has 1 aliphatic carbocycles. The zero-order chi connectivity index (χ0) is 13.2. The third-order valence-corrected chi connectivity index (χ3v) is 4.84. The van der Waals surface area contributed by atoms with Crippen LogP contribution in [0.15, 0.2) is 46.3 Å². The van der Waals surface area contributed by atoms with Gasteiger partial charge in [-0.15, -0.1) is 11.3 Å². The number of rotatable bonds is 4. The molecular formula is C15H14BrNOS. The fraction of sp³-hybridized carbons (Fsp3) is 0.267. The van der Waals surface area contributed by atoms with Crippen molar-refractivity contribution in [2.24, 2.45) is 0 Å². The molecule has 1 amide bonds. The van der Waals surface area contributed by atoms with Crippen LogP contribution in [0.3, 0.4) is 0 Å². The highest BCUT2D eigenvalue weighted by Crippen LogP contribution is 2.32. The summed E-state index contributed by atoms with van der Waals surface area (Å²) in [4.78, 5) is 15.4. The Morgan fingerprint density at radius 2 is 1.95 bits per heavy atom. The normalized spacial score (nSPS) is 14.4. The second kappa shape index (κ2) is 5.47. The first-order chi connectivity index (χ1) is 9.24. The van der Waals surface area contributed by atoms with E-state index in [0.29, 0.717) is 12.6 Å². The van der Waals surface area contributed by atoms with E-state index in [1.165, 1.54) is 16.9 Å². The molecular weight excluding hydrogens is 322 g/mol. The predicted molar refractivity (Wildman–Crippen MR) is 81.4 cm³/mol. The van der Waals surface area contributed by atoms with Gasteiger partial charge in [-0.1, -0.05) is 30.3 Å². The van der Waals surface area contributed by atoms with Gasteiger partial charge in [-0.25, -0.2) is 0 Å². The Morgan fingerprint density at radius 1 is 1.21 bits per heavy atom. The van der Waals surface area contributed by atoms with Crippen LogP contribution in [0.5, 0.6) is 0 Å². The van der Waals surface area contributed by atoms with Crippen molar-refractivity contribution in [1.29, 1.82) is 0 Å². The Kier molecular flexibility index (Phi) is 3.71. The minimum absolute atomic E-state index is 0.155. The Bertz CT molecular complexity index is 577. The Balaban J connectivity index is 1.79. The summed E-state index contributed by atoms with van der Waals surface area (Å²) in [6.45, 7) is 0.708. The number of hydrogen-bond donors (Lipinski definition) is 0. The maximum absolute atomic E-state index is 12.6. The van der Waals surface area contributed by atoms with Crippen LogP contribution >= 0.6 is 27.3 Å². The molecule has 0 N–H and O–H groups in total. The third-order valence-electron chi connectivity index (χ3n) is 3.23. The van der Waals surface area contributed by atoms with Crippen molar-refractivity contribution in [2.45, 2.75) is 25.4 Å². The van der Waals surface area contributed by atoms with Crippen molar-refractivity contribution in [3.63, 3.8) is 0 Å². The fourth-order valence-corrected chi connectivity index (χ4v) is 3.45. The maximum Gasteiger partial charge on any atom is 0.264 e. The zero-order valence-corrected chi connectivity index (χ0v) is 12.8. The number of benzene rings is 1. The van der Waals surface area contributed by atoms with Gasteiger partial charge in [0.25, 0.3) is 5.91 Å². The monoisotopic (exact) mass is 335 g/mol. The van der Waals surface area contributed by atoms with Gasteiger partial charge in [-0.2, -0.15) is 0 Å². The summed E-state index contributed by atoms with van der Waals surface area (Å²) in [6, 6.07) is 14.5. The number of carbonyl (C=O) groups excluding carboxylic acids is 1. The van der Waals surface area contributed by atoms with Crippen molar-refractivity contribution in [2.75, 3.05) is 0 Å². The molecule has 1 aromatic heterocycles. The van der Waals surface area contributed by atoms with E-state index < -0.39 is 0 Å². The number of carbonyl (C=O) groups is 1. The van der Waals surface area contributed by atoms with Crippen molar-refractivity contribution in [3.8, 4) is 0 Å². The van der Waals surface area contributed by atoms with Crippen LogP contribution in [0.25, 0.3) is 0 Å². The smallest absolute Gasteiger partial charge is 0.264 e. The van der Waals surface area contributed by atoms with Gasteiger partial charge in [0.1, 0.15) is 0 Å². The molecule has 0 spiro atoms. The molecule has 1 saturated carbocycles. The van der Waals surface area contributed by atoms with E-state index in [0.717, 1.165) is 21.5 Å². The van der Waals surface area contributed by atoms with E-state index in [1.54, 1.807) is 0 Å². The maximum atomic E-state index is 12.6. The van der Waals surface area contributed by atoms with E-state index >= 15 is 0 Å². The quantitative estimate of drug-likeness (QED) is 0.814. The number of nitrogens with zero attached hydrogens (tertiary/aromatic N) is 1. The molecule has 1 fully saturated rings. The van der Waals surface area contributed by atoms with Gasteiger partial charge in [0.05, 0.1) is 8.66 Å². The lowest BCUT2D eigenvalue weighted by atomic mass is 10.2. The van der Waals surface area contributed by atoms with Crippen LogP contribution in [-0.2, 0) is 6.54 Å². The highest BCUT2D eigenvalue weighted by Gasteiger charge is 2.33. The van der Waals surface area contributed by atoms with Gasteiger partial charge in [0.15, 0.2) is 0 Å². The van der Waals surface area contributed by atoms with Gasteiger partial charge in [0.2, 0.25) is 0 Å². The van der Waals surface area contributed by atoms with Crippen LogP contribution in [0, 0.1) is 0 Å². The molecule has 2 nitrogen and oxygen atoms in total.